The number of hydrogen-bond donors (Lipinski definition) is 1. The summed E-state index contributed by atoms with van der Waals surface area (Å²) in [7, 11) is 0. The Morgan fingerprint density at radius 1 is 1.00 bits per heavy atom. The lowest BCUT2D eigenvalue weighted by Crippen LogP contribution is -2.20. The molecule has 0 aliphatic heterocycles. The lowest BCUT2D eigenvalue weighted by Gasteiger charge is -2.20. The number of benzene rings is 2. The molecule has 0 heterocycles. The first-order valence-electron chi connectivity index (χ1n) is 9.30. The maximum absolute atomic E-state index is 12.3. The number of ether oxygens (including phenoxy) is 1. The summed E-state index contributed by atoms with van der Waals surface area (Å²) in [5, 5.41) is 3.03. The summed E-state index contributed by atoms with van der Waals surface area (Å²) in [5.74, 6) is 4.02. The van der Waals surface area contributed by atoms with Gasteiger partial charge in [0.15, 0.2) is 0 Å². The Labute approximate surface area is 149 Å². The van der Waals surface area contributed by atoms with Crippen LogP contribution >= 0.6 is 0 Å². The van der Waals surface area contributed by atoms with Crippen molar-refractivity contribution < 1.29 is 9.53 Å². The minimum atomic E-state index is 0.143. The molecule has 0 unspecified atom stereocenters. The largest absolute Gasteiger partial charge is 0.457 e. The normalized spacial score (nSPS) is 24.3. The van der Waals surface area contributed by atoms with Gasteiger partial charge >= 0.3 is 0 Å². The molecule has 1 N–H and O–H groups in total. The monoisotopic (exact) mass is 335 g/mol. The van der Waals surface area contributed by atoms with E-state index in [2.05, 4.69) is 12.2 Å². The third-order valence-corrected chi connectivity index (χ3v) is 5.73. The topological polar surface area (TPSA) is 38.3 Å². The smallest absolute Gasteiger partial charge is 0.224 e. The third kappa shape index (κ3) is 3.87. The molecule has 0 aromatic heterocycles. The van der Waals surface area contributed by atoms with Gasteiger partial charge in [0.2, 0.25) is 5.91 Å². The van der Waals surface area contributed by atoms with E-state index < -0.39 is 0 Å². The summed E-state index contributed by atoms with van der Waals surface area (Å²) in [6, 6.07) is 15.6. The fourth-order valence-electron chi connectivity index (χ4n) is 4.43. The van der Waals surface area contributed by atoms with E-state index in [-0.39, 0.29) is 5.91 Å². The van der Waals surface area contributed by atoms with Gasteiger partial charge in [-0.1, -0.05) is 24.1 Å². The molecule has 2 fully saturated rings. The number of carbonyl (C=O) groups excluding carboxylic acids is 1. The first-order chi connectivity index (χ1) is 12.2. The van der Waals surface area contributed by atoms with E-state index in [1.807, 2.05) is 48.5 Å². The molecule has 2 aliphatic rings. The Morgan fingerprint density at radius 3 is 2.28 bits per heavy atom. The maximum Gasteiger partial charge on any atom is 0.224 e. The summed E-state index contributed by atoms with van der Waals surface area (Å²) >= 11 is 0. The van der Waals surface area contributed by atoms with E-state index in [0.717, 1.165) is 29.0 Å². The van der Waals surface area contributed by atoms with E-state index >= 15 is 0 Å². The van der Waals surface area contributed by atoms with Gasteiger partial charge in [0, 0.05) is 12.1 Å². The Hall–Kier alpha value is -2.29. The van der Waals surface area contributed by atoms with Crippen molar-refractivity contribution in [3.63, 3.8) is 0 Å². The second kappa shape index (κ2) is 6.91. The minimum Gasteiger partial charge on any atom is -0.457 e. The van der Waals surface area contributed by atoms with Crippen LogP contribution in [0.15, 0.2) is 48.5 Å². The number of amides is 1. The van der Waals surface area contributed by atoms with Crippen molar-refractivity contribution in [2.45, 2.75) is 39.0 Å². The molecule has 0 spiro atoms. The van der Waals surface area contributed by atoms with Crippen molar-refractivity contribution in [1.82, 2.24) is 0 Å². The van der Waals surface area contributed by atoms with Gasteiger partial charge in [0.1, 0.15) is 11.5 Å². The van der Waals surface area contributed by atoms with Crippen LogP contribution in [0.3, 0.4) is 0 Å². The summed E-state index contributed by atoms with van der Waals surface area (Å²) < 4.78 is 5.82. The molecule has 2 aliphatic carbocycles. The van der Waals surface area contributed by atoms with Crippen LogP contribution < -0.4 is 10.1 Å². The van der Waals surface area contributed by atoms with Crippen molar-refractivity contribution in [1.29, 1.82) is 0 Å². The van der Waals surface area contributed by atoms with Gasteiger partial charge in [0.05, 0.1) is 0 Å². The zero-order valence-electron chi connectivity index (χ0n) is 14.7. The van der Waals surface area contributed by atoms with Crippen LogP contribution in [-0.2, 0) is 4.79 Å². The molecule has 0 saturated heterocycles. The molecule has 1 amide bonds. The molecule has 3 atom stereocenters. The molecule has 0 radical (unpaired) electrons. The second-order valence-corrected chi connectivity index (χ2v) is 7.63. The average molecular weight is 335 g/mol. The van der Waals surface area contributed by atoms with Crippen LogP contribution in [0.1, 0.15) is 37.7 Å². The fraction of sp³-hybridized carbons (Fsp3) is 0.409. The van der Waals surface area contributed by atoms with Crippen LogP contribution in [0.2, 0.25) is 0 Å². The molecule has 2 bridgehead atoms. The predicted molar refractivity (Wildman–Crippen MR) is 99.9 cm³/mol. The first kappa shape index (κ1) is 16.2. The number of anilines is 1. The van der Waals surface area contributed by atoms with Crippen molar-refractivity contribution in [2.75, 3.05) is 5.32 Å². The molecule has 2 aromatic carbocycles. The van der Waals surface area contributed by atoms with E-state index in [9.17, 15) is 4.79 Å². The zero-order valence-corrected chi connectivity index (χ0v) is 14.7. The Bertz CT molecular complexity index is 736. The lowest BCUT2D eigenvalue weighted by atomic mass is 9.86. The van der Waals surface area contributed by atoms with Gasteiger partial charge in [-0.25, -0.2) is 0 Å². The highest BCUT2D eigenvalue weighted by molar-refractivity contribution is 5.90. The number of rotatable bonds is 5. The third-order valence-electron chi connectivity index (χ3n) is 5.73. The van der Waals surface area contributed by atoms with E-state index in [1.54, 1.807) is 0 Å². The van der Waals surface area contributed by atoms with Gasteiger partial charge in [-0.15, -0.1) is 0 Å². The van der Waals surface area contributed by atoms with Crippen LogP contribution in [0, 0.1) is 24.7 Å². The SMILES string of the molecule is Cc1ccc(Oc2ccc(NC(=O)C[C@H]3C[C@H]4CC[C@@H]3C4)cc2)cc1. The molecule has 2 saturated carbocycles. The molecular formula is C22H25NO2. The van der Waals surface area contributed by atoms with Crippen molar-refractivity contribution in [3.05, 3.63) is 54.1 Å². The summed E-state index contributed by atoms with van der Waals surface area (Å²) in [6.07, 6.45) is 5.98. The first-order valence-corrected chi connectivity index (χ1v) is 9.30. The van der Waals surface area contributed by atoms with Crippen molar-refractivity contribution >= 4 is 11.6 Å². The molecule has 3 nitrogen and oxygen atoms in total. The lowest BCUT2D eigenvalue weighted by molar-refractivity contribution is -0.117. The van der Waals surface area contributed by atoms with Gasteiger partial charge in [-0.05, 0) is 80.3 Å². The van der Waals surface area contributed by atoms with Crippen LogP contribution in [0.25, 0.3) is 0 Å². The molecule has 2 aromatic rings. The van der Waals surface area contributed by atoms with Gasteiger partial charge in [-0.3, -0.25) is 4.79 Å². The number of carbonyl (C=O) groups is 1. The van der Waals surface area contributed by atoms with Crippen LogP contribution in [0.5, 0.6) is 11.5 Å². The Morgan fingerprint density at radius 2 is 1.68 bits per heavy atom. The predicted octanol–water partition coefficient (Wildman–Crippen LogP) is 5.55. The zero-order chi connectivity index (χ0) is 17.2. The molecular weight excluding hydrogens is 310 g/mol. The van der Waals surface area contributed by atoms with E-state index in [0.29, 0.717) is 12.3 Å². The summed E-state index contributed by atoms with van der Waals surface area (Å²) in [6.45, 7) is 2.05. The van der Waals surface area contributed by atoms with Crippen LogP contribution in [-0.4, -0.2) is 5.91 Å². The molecule has 3 heteroatoms. The molecule has 4 rings (SSSR count). The van der Waals surface area contributed by atoms with Gasteiger partial charge in [0.25, 0.3) is 0 Å². The quantitative estimate of drug-likeness (QED) is 0.777. The fourth-order valence-corrected chi connectivity index (χ4v) is 4.43. The highest BCUT2D eigenvalue weighted by Gasteiger charge is 2.40. The van der Waals surface area contributed by atoms with E-state index in [4.69, 9.17) is 4.74 Å². The van der Waals surface area contributed by atoms with Crippen LogP contribution in [0.4, 0.5) is 5.69 Å². The van der Waals surface area contributed by atoms with Gasteiger partial charge < -0.3 is 10.1 Å². The number of hydrogen-bond acceptors (Lipinski definition) is 2. The number of aryl methyl sites for hydroxylation is 1. The second-order valence-electron chi connectivity index (χ2n) is 7.63. The van der Waals surface area contributed by atoms with Crippen molar-refractivity contribution in [3.8, 4) is 11.5 Å². The molecule has 130 valence electrons. The minimum absolute atomic E-state index is 0.143. The maximum atomic E-state index is 12.3. The molecule has 25 heavy (non-hydrogen) atoms. The Balaban J connectivity index is 1.31. The summed E-state index contributed by atoms with van der Waals surface area (Å²) in [4.78, 5) is 12.3. The Kier molecular flexibility index (Phi) is 4.48. The average Bonchev–Trinajstić information content (AvgIpc) is 3.21. The highest BCUT2D eigenvalue weighted by Crippen LogP contribution is 2.49. The van der Waals surface area contributed by atoms with Crippen molar-refractivity contribution in [2.24, 2.45) is 17.8 Å². The van der Waals surface area contributed by atoms with Gasteiger partial charge in [-0.2, -0.15) is 0 Å². The van der Waals surface area contributed by atoms with E-state index in [1.165, 1.54) is 31.2 Å². The number of nitrogens with one attached hydrogen (secondary N) is 1. The highest BCUT2D eigenvalue weighted by atomic mass is 16.5. The number of fused-ring (bicyclic) bond motifs is 2. The summed E-state index contributed by atoms with van der Waals surface area (Å²) in [5.41, 5.74) is 2.05. The standard InChI is InChI=1S/C22H25NO2/c1-15-2-8-20(9-3-15)25-21-10-6-19(7-11-21)23-22(24)14-18-13-16-4-5-17(18)12-16/h2-3,6-11,16-18H,4-5,12-14H2,1H3,(H,23,24)/t16-,17+,18+/m0/s1.